The summed E-state index contributed by atoms with van der Waals surface area (Å²) in [7, 11) is -0.815. The smallest absolute Gasteiger partial charge is 0.115 e. The standard InChI is InChI=1S/C20H18N2OS3/c1-2-26(23)12-11-25-20-17(14-21)16(15-7-4-3-5-8-15)13-18(22-20)19-9-6-10-24-19/h3-10,13H,2,11-12H2,1H3/t26-/m0/s1. The van der Waals surface area contributed by atoms with Crippen molar-refractivity contribution in [3.05, 3.63) is 59.5 Å². The minimum atomic E-state index is -0.815. The minimum Gasteiger partial charge on any atom is -0.260 e. The SMILES string of the molecule is CC[S@](=O)CCSc1nc(-c2cccs2)cc(-c2ccccc2)c1C#N. The third-order valence-electron chi connectivity index (χ3n) is 3.83. The molecule has 0 aliphatic heterocycles. The van der Waals surface area contributed by atoms with Crippen LogP contribution >= 0.6 is 23.1 Å². The number of rotatable bonds is 7. The summed E-state index contributed by atoms with van der Waals surface area (Å²) < 4.78 is 11.7. The Morgan fingerprint density at radius 3 is 2.69 bits per heavy atom. The maximum atomic E-state index is 11.7. The van der Waals surface area contributed by atoms with Gasteiger partial charge in [-0.05, 0) is 23.1 Å². The molecule has 132 valence electrons. The van der Waals surface area contributed by atoms with Gasteiger partial charge in [0.15, 0.2) is 0 Å². The number of pyridine rings is 1. The van der Waals surface area contributed by atoms with Crippen LogP contribution in [0.4, 0.5) is 0 Å². The molecule has 0 aliphatic carbocycles. The van der Waals surface area contributed by atoms with Gasteiger partial charge in [0.1, 0.15) is 11.1 Å². The highest BCUT2D eigenvalue weighted by molar-refractivity contribution is 8.00. The molecular weight excluding hydrogens is 380 g/mol. The highest BCUT2D eigenvalue weighted by atomic mass is 32.2. The number of thioether (sulfide) groups is 1. The normalized spacial score (nSPS) is 11.8. The quantitative estimate of drug-likeness (QED) is 0.513. The number of nitrogens with zero attached hydrogens (tertiary/aromatic N) is 2. The van der Waals surface area contributed by atoms with E-state index in [0.717, 1.165) is 21.7 Å². The molecule has 0 saturated heterocycles. The van der Waals surface area contributed by atoms with Crippen molar-refractivity contribution in [3.8, 4) is 27.8 Å². The lowest BCUT2D eigenvalue weighted by Crippen LogP contribution is -2.03. The summed E-state index contributed by atoms with van der Waals surface area (Å²) in [4.78, 5) is 5.82. The van der Waals surface area contributed by atoms with E-state index in [2.05, 4.69) is 6.07 Å². The maximum Gasteiger partial charge on any atom is 0.115 e. The van der Waals surface area contributed by atoms with Crippen LogP contribution in [0.15, 0.2) is 58.9 Å². The first kappa shape index (κ1) is 18.8. The lowest BCUT2D eigenvalue weighted by atomic mass is 10.0. The van der Waals surface area contributed by atoms with Gasteiger partial charge in [0, 0.05) is 33.6 Å². The van der Waals surface area contributed by atoms with Crippen molar-refractivity contribution in [1.82, 2.24) is 4.98 Å². The molecule has 3 rings (SSSR count). The molecule has 6 heteroatoms. The summed E-state index contributed by atoms with van der Waals surface area (Å²) in [6.45, 7) is 1.92. The van der Waals surface area contributed by atoms with E-state index in [1.807, 2.05) is 60.8 Å². The van der Waals surface area contributed by atoms with Gasteiger partial charge in [0.2, 0.25) is 0 Å². The fraction of sp³-hybridized carbons (Fsp3) is 0.200. The van der Waals surface area contributed by atoms with Gasteiger partial charge < -0.3 is 0 Å². The first-order chi connectivity index (χ1) is 12.7. The molecule has 0 N–H and O–H groups in total. The van der Waals surface area contributed by atoms with Gasteiger partial charge in [-0.15, -0.1) is 23.1 Å². The van der Waals surface area contributed by atoms with E-state index in [1.54, 1.807) is 11.3 Å². The molecular formula is C20H18N2OS3. The Labute approximate surface area is 164 Å². The summed E-state index contributed by atoms with van der Waals surface area (Å²) in [5.74, 6) is 1.95. The monoisotopic (exact) mass is 398 g/mol. The van der Waals surface area contributed by atoms with E-state index in [-0.39, 0.29) is 0 Å². The van der Waals surface area contributed by atoms with Crippen LogP contribution < -0.4 is 0 Å². The van der Waals surface area contributed by atoms with Gasteiger partial charge in [-0.1, -0.05) is 43.3 Å². The second kappa shape index (κ2) is 9.13. The Hall–Kier alpha value is -1.94. The second-order valence-electron chi connectivity index (χ2n) is 5.47. The highest BCUT2D eigenvalue weighted by Crippen LogP contribution is 2.35. The van der Waals surface area contributed by atoms with Crippen LogP contribution in [0.2, 0.25) is 0 Å². The van der Waals surface area contributed by atoms with Crippen molar-refractivity contribution in [1.29, 1.82) is 5.26 Å². The summed E-state index contributed by atoms with van der Waals surface area (Å²) in [6.07, 6.45) is 0. The zero-order valence-electron chi connectivity index (χ0n) is 14.3. The first-order valence-corrected chi connectivity index (χ1v) is 11.6. The maximum absolute atomic E-state index is 11.7. The van der Waals surface area contributed by atoms with Crippen LogP contribution in [0, 0.1) is 11.3 Å². The van der Waals surface area contributed by atoms with Crippen molar-refractivity contribution in [2.24, 2.45) is 0 Å². The van der Waals surface area contributed by atoms with Crippen LogP contribution in [-0.2, 0) is 10.8 Å². The summed E-state index contributed by atoms with van der Waals surface area (Å²) >= 11 is 3.14. The molecule has 0 fully saturated rings. The van der Waals surface area contributed by atoms with Crippen molar-refractivity contribution < 1.29 is 4.21 Å². The molecule has 2 aromatic heterocycles. The number of nitriles is 1. The summed E-state index contributed by atoms with van der Waals surface area (Å²) in [5.41, 5.74) is 3.36. The summed E-state index contributed by atoms with van der Waals surface area (Å²) in [5, 5.41) is 12.5. The van der Waals surface area contributed by atoms with Crippen LogP contribution in [0.5, 0.6) is 0 Å². The van der Waals surface area contributed by atoms with E-state index < -0.39 is 10.8 Å². The first-order valence-electron chi connectivity index (χ1n) is 8.25. The predicted molar refractivity (Wildman–Crippen MR) is 112 cm³/mol. The van der Waals surface area contributed by atoms with Gasteiger partial charge in [0.05, 0.1) is 16.1 Å². The average Bonchev–Trinajstić information content (AvgIpc) is 3.22. The molecule has 0 saturated carbocycles. The van der Waals surface area contributed by atoms with Gasteiger partial charge in [-0.25, -0.2) is 4.98 Å². The number of thiophene rings is 1. The van der Waals surface area contributed by atoms with Crippen molar-refractivity contribution in [2.45, 2.75) is 11.9 Å². The zero-order valence-corrected chi connectivity index (χ0v) is 16.8. The van der Waals surface area contributed by atoms with Crippen molar-refractivity contribution in [2.75, 3.05) is 17.3 Å². The van der Waals surface area contributed by atoms with E-state index >= 15 is 0 Å². The fourth-order valence-corrected chi connectivity index (χ4v) is 5.21. The molecule has 1 aromatic carbocycles. The topological polar surface area (TPSA) is 53.8 Å². The van der Waals surface area contributed by atoms with Crippen molar-refractivity contribution in [3.63, 3.8) is 0 Å². The minimum absolute atomic E-state index is 0.587. The molecule has 3 nitrogen and oxygen atoms in total. The molecule has 0 amide bonds. The Morgan fingerprint density at radius 2 is 2.04 bits per heavy atom. The number of aromatic nitrogens is 1. The van der Waals surface area contributed by atoms with Crippen LogP contribution in [0.25, 0.3) is 21.7 Å². The number of benzene rings is 1. The van der Waals surface area contributed by atoms with Gasteiger partial charge in [-0.3, -0.25) is 4.21 Å². The molecule has 3 aromatic rings. The lowest BCUT2D eigenvalue weighted by molar-refractivity contribution is 0.685. The lowest BCUT2D eigenvalue weighted by Gasteiger charge is -2.11. The summed E-state index contributed by atoms with van der Waals surface area (Å²) in [6, 6.07) is 18.3. The Kier molecular flexibility index (Phi) is 6.62. The van der Waals surface area contributed by atoms with E-state index in [4.69, 9.17) is 4.98 Å². The molecule has 2 heterocycles. The molecule has 0 bridgehead atoms. The van der Waals surface area contributed by atoms with Crippen LogP contribution in [-0.4, -0.2) is 26.5 Å². The fourth-order valence-electron chi connectivity index (χ4n) is 2.51. The average molecular weight is 399 g/mol. The van der Waals surface area contributed by atoms with Gasteiger partial charge in [-0.2, -0.15) is 5.26 Å². The van der Waals surface area contributed by atoms with Gasteiger partial charge in [0.25, 0.3) is 0 Å². The molecule has 0 radical (unpaired) electrons. The molecule has 1 atom stereocenters. The van der Waals surface area contributed by atoms with E-state index in [9.17, 15) is 9.47 Å². The third-order valence-corrected chi connectivity index (χ3v) is 7.26. The predicted octanol–water partition coefficient (Wildman–Crippen LogP) is 5.21. The van der Waals surface area contributed by atoms with Gasteiger partial charge >= 0.3 is 0 Å². The molecule has 0 aliphatic rings. The molecule has 0 spiro atoms. The third kappa shape index (κ3) is 4.42. The second-order valence-corrected chi connectivity index (χ2v) is 9.37. The Balaban J connectivity index is 2.05. The molecule has 0 unspecified atom stereocenters. The molecule has 26 heavy (non-hydrogen) atoms. The largest absolute Gasteiger partial charge is 0.260 e. The Bertz CT molecular complexity index is 932. The van der Waals surface area contributed by atoms with Crippen LogP contribution in [0.1, 0.15) is 12.5 Å². The van der Waals surface area contributed by atoms with E-state index in [1.165, 1.54) is 11.8 Å². The van der Waals surface area contributed by atoms with Crippen molar-refractivity contribution >= 4 is 33.9 Å². The number of hydrogen-bond donors (Lipinski definition) is 0. The highest BCUT2D eigenvalue weighted by Gasteiger charge is 2.16. The zero-order chi connectivity index (χ0) is 18.4. The van der Waals surface area contributed by atoms with Crippen LogP contribution in [0.3, 0.4) is 0 Å². The van der Waals surface area contributed by atoms with E-state index in [0.29, 0.717) is 27.8 Å². The number of hydrogen-bond acceptors (Lipinski definition) is 5. The Morgan fingerprint density at radius 1 is 1.23 bits per heavy atom.